The van der Waals surface area contributed by atoms with E-state index in [1.54, 1.807) is 6.20 Å². The molecule has 1 aromatic heterocycles. The molecule has 1 N–H and O–H groups in total. The molecule has 0 saturated heterocycles. The van der Waals surface area contributed by atoms with E-state index >= 15 is 0 Å². The van der Waals surface area contributed by atoms with Crippen LogP contribution in [0.4, 0.5) is 5.69 Å². The number of aromatic nitrogens is 2. The molecule has 19 heavy (non-hydrogen) atoms. The smallest absolute Gasteiger partial charge is 0.244 e. The number of aryl methyl sites for hydroxylation is 1. The highest BCUT2D eigenvalue weighted by molar-refractivity contribution is 9.10. The topological polar surface area (TPSA) is 46.9 Å². The number of amides is 1. The molecule has 1 aromatic carbocycles. The molecule has 100 valence electrons. The Kier molecular flexibility index (Phi) is 4.74. The quantitative estimate of drug-likeness (QED) is 0.919. The molecule has 2 rings (SSSR count). The summed E-state index contributed by atoms with van der Waals surface area (Å²) in [6.45, 7) is 2.40. The molecule has 4 nitrogen and oxygen atoms in total. The summed E-state index contributed by atoms with van der Waals surface area (Å²) in [7, 11) is 0. The lowest BCUT2D eigenvalue weighted by atomic mass is 10.3. The molecule has 0 bridgehead atoms. The highest BCUT2D eigenvalue weighted by Gasteiger charge is 2.07. The van der Waals surface area contributed by atoms with E-state index in [-0.39, 0.29) is 5.91 Å². The third kappa shape index (κ3) is 3.92. The van der Waals surface area contributed by atoms with E-state index in [2.05, 4.69) is 33.2 Å². The van der Waals surface area contributed by atoms with E-state index in [9.17, 15) is 4.79 Å². The molecule has 0 spiro atoms. The van der Waals surface area contributed by atoms with Gasteiger partial charge in [0.1, 0.15) is 12.4 Å². The maximum Gasteiger partial charge on any atom is 0.244 e. The summed E-state index contributed by atoms with van der Waals surface area (Å²) in [6, 6.07) is 7.52. The molecular formula is C14H16BrN3O. The molecule has 0 atom stereocenters. The van der Waals surface area contributed by atoms with Crippen LogP contribution in [-0.2, 0) is 17.8 Å². The van der Waals surface area contributed by atoms with Crippen LogP contribution in [0.1, 0.15) is 19.2 Å². The van der Waals surface area contributed by atoms with Gasteiger partial charge in [-0.3, -0.25) is 4.79 Å². The molecule has 0 aliphatic heterocycles. The Morgan fingerprint density at radius 3 is 2.79 bits per heavy atom. The Balaban J connectivity index is 1.97. The van der Waals surface area contributed by atoms with E-state index in [0.717, 1.165) is 28.8 Å². The summed E-state index contributed by atoms with van der Waals surface area (Å²) >= 11 is 3.36. The molecule has 2 aromatic rings. The maximum atomic E-state index is 11.9. The number of nitrogens with zero attached hydrogens (tertiary/aromatic N) is 2. The van der Waals surface area contributed by atoms with Crippen molar-refractivity contribution in [2.45, 2.75) is 26.3 Å². The Morgan fingerprint density at radius 2 is 2.11 bits per heavy atom. The first-order chi connectivity index (χ1) is 9.19. The van der Waals surface area contributed by atoms with Gasteiger partial charge in [-0.1, -0.05) is 22.9 Å². The van der Waals surface area contributed by atoms with Gasteiger partial charge < -0.3 is 9.88 Å². The highest BCUT2D eigenvalue weighted by atomic mass is 79.9. The van der Waals surface area contributed by atoms with E-state index in [1.807, 2.05) is 35.0 Å². The van der Waals surface area contributed by atoms with Gasteiger partial charge in [0.25, 0.3) is 0 Å². The lowest BCUT2D eigenvalue weighted by Gasteiger charge is -2.08. The number of imidazole rings is 1. The minimum absolute atomic E-state index is 0.0438. The van der Waals surface area contributed by atoms with Gasteiger partial charge in [-0.05, 0) is 30.7 Å². The fourth-order valence-electron chi connectivity index (χ4n) is 1.82. The lowest BCUT2D eigenvalue weighted by molar-refractivity contribution is -0.116. The average Bonchev–Trinajstić information content (AvgIpc) is 2.80. The normalized spacial score (nSPS) is 10.4. The molecule has 0 radical (unpaired) electrons. The second-order valence-corrected chi connectivity index (χ2v) is 5.19. The van der Waals surface area contributed by atoms with Crippen LogP contribution in [0.15, 0.2) is 41.1 Å². The number of rotatable bonds is 5. The second-order valence-electron chi connectivity index (χ2n) is 4.28. The van der Waals surface area contributed by atoms with Crippen molar-refractivity contribution in [2.24, 2.45) is 0 Å². The Bertz CT molecular complexity index is 548. The third-order valence-electron chi connectivity index (χ3n) is 2.72. The number of hydrogen-bond acceptors (Lipinski definition) is 2. The van der Waals surface area contributed by atoms with Gasteiger partial charge in [0.15, 0.2) is 0 Å². The Hall–Kier alpha value is -1.62. The van der Waals surface area contributed by atoms with Gasteiger partial charge in [0, 0.05) is 29.0 Å². The zero-order valence-corrected chi connectivity index (χ0v) is 12.4. The predicted octanol–water partition coefficient (Wildman–Crippen LogP) is 3.24. The Morgan fingerprint density at radius 1 is 1.37 bits per heavy atom. The summed E-state index contributed by atoms with van der Waals surface area (Å²) in [5.41, 5.74) is 0.797. The summed E-state index contributed by atoms with van der Waals surface area (Å²) in [6.07, 6.45) is 5.48. The first kappa shape index (κ1) is 13.8. The number of hydrogen-bond donors (Lipinski definition) is 1. The zero-order valence-electron chi connectivity index (χ0n) is 10.8. The number of halogens is 1. The summed E-state index contributed by atoms with van der Waals surface area (Å²) in [5, 5.41) is 2.87. The fourth-order valence-corrected chi connectivity index (χ4v) is 2.09. The van der Waals surface area contributed by atoms with Crippen LogP contribution in [0.3, 0.4) is 0 Å². The second kappa shape index (κ2) is 6.52. The van der Waals surface area contributed by atoms with Crippen molar-refractivity contribution in [3.63, 3.8) is 0 Å². The van der Waals surface area contributed by atoms with Gasteiger partial charge in [-0.2, -0.15) is 0 Å². The fraction of sp³-hybridized carbons (Fsp3) is 0.286. The molecule has 1 heterocycles. The minimum Gasteiger partial charge on any atom is -0.326 e. The standard InChI is InChI=1S/C14H16BrN3O/c1-2-3-13-16-8-9-18(13)10-14(19)17-12-6-4-11(15)5-7-12/h4-9H,2-3,10H2,1H3,(H,17,19). The van der Waals surface area contributed by atoms with Crippen molar-refractivity contribution < 1.29 is 4.79 Å². The molecule has 5 heteroatoms. The molecule has 0 aliphatic rings. The molecule has 0 unspecified atom stereocenters. The van der Waals surface area contributed by atoms with Gasteiger partial charge >= 0.3 is 0 Å². The van der Waals surface area contributed by atoms with E-state index in [1.165, 1.54) is 0 Å². The minimum atomic E-state index is -0.0438. The number of nitrogens with one attached hydrogen (secondary N) is 1. The van der Waals surface area contributed by atoms with Crippen LogP contribution in [0, 0.1) is 0 Å². The highest BCUT2D eigenvalue weighted by Crippen LogP contribution is 2.14. The van der Waals surface area contributed by atoms with Gasteiger partial charge in [-0.25, -0.2) is 4.98 Å². The number of carbonyl (C=O) groups is 1. The molecule has 1 amide bonds. The number of benzene rings is 1. The summed E-state index contributed by atoms with van der Waals surface area (Å²) < 4.78 is 2.88. The number of anilines is 1. The zero-order chi connectivity index (χ0) is 13.7. The third-order valence-corrected chi connectivity index (χ3v) is 3.25. The van der Waals surface area contributed by atoms with E-state index < -0.39 is 0 Å². The van der Waals surface area contributed by atoms with Crippen LogP contribution >= 0.6 is 15.9 Å². The molecule has 0 saturated carbocycles. The monoisotopic (exact) mass is 321 g/mol. The Labute approximate surface area is 121 Å². The van der Waals surface area contributed by atoms with Gasteiger partial charge in [0.2, 0.25) is 5.91 Å². The molecule has 0 aliphatic carbocycles. The summed E-state index contributed by atoms with van der Waals surface area (Å²) in [5.74, 6) is 0.908. The largest absolute Gasteiger partial charge is 0.326 e. The van der Waals surface area contributed by atoms with Crippen molar-refractivity contribution in [1.29, 1.82) is 0 Å². The molecular weight excluding hydrogens is 306 g/mol. The van der Waals surface area contributed by atoms with Crippen LogP contribution in [-0.4, -0.2) is 15.5 Å². The first-order valence-electron chi connectivity index (χ1n) is 6.24. The van der Waals surface area contributed by atoms with Gasteiger partial charge in [-0.15, -0.1) is 0 Å². The van der Waals surface area contributed by atoms with E-state index in [4.69, 9.17) is 0 Å². The first-order valence-corrected chi connectivity index (χ1v) is 7.03. The molecule has 0 fully saturated rings. The van der Waals surface area contributed by atoms with Crippen molar-refractivity contribution in [2.75, 3.05) is 5.32 Å². The SMILES string of the molecule is CCCc1nccn1CC(=O)Nc1ccc(Br)cc1. The lowest BCUT2D eigenvalue weighted by Crippen LogP contribution is -2.19. The van der Waals surface area contributed by atoms with Crippen molar-refractivity contribution in [3.05, 3.63) is 47.0 Å². The van der Waals surface area contributed by atoms with Gasteiger partial charge in [0.05, 0.1) is 0 Å². The van der Waals surface area contributed by atoms with E-state index in [0.29, 0.717) is 6.54 Å². The van der Waals surface area contributed by atoms with Crippen molar-refractivity contribution in [3.8, 4) is 0 Å². The maximum absolute atomic E-state index is 11.9. The van der Waals surface area contributed by atoms with Crippen molar-refractivity contribution >= 4 is 27.5 Å². The predicted molar refractivity (Wildman–Crippen MR) is 79.0 cm³/mol. The summed E-state index contributed by atoms with van der Waals surface area (Å²) in [4.78, 5) is 16.2. The van der Waals surface area contributed by atoms with Crippen LogP contribution in [0.5, 0.6) is 0 Å². The number of carbonyl (C=O) groups excluding carboxylic acids is 1. The van der Waals surface area contributed by atoms with Crippen LogP contribution < -0.4 is 5.32 Å². The van der Waals surface area contributed by atoms with Crippen molar-refractivity contribution in [1.82, 2.24) is 9.55 Å². The van der Waals surface area contributed by atoms with Crippen LogP contribution in [0.25, 0.3) is 0 Å². The average molecular weight is 322 g/mol. The van der Waals surface area contributed by atoms with Crippen LogP contribution in [0.2, 0.25) is 0 Å².